The number of carbonyl (C=O) groups excluding carboxylic acids is 2. The Morgan fingerprint density at radius 1 is 1.20 bits per heavy atom. The van der Waals surface area contributed by atoms with Gasteiger partial charge in [0.15, 0.2) is 15.0 Å². The van der Waals surface area contributed by atoms with Crippen LogP contribution in [0.1, 0.15) is 21.6 Å². The van der Waals surface area contributed by atoms with E-state index < -0.39 is 27.4 Å². The van der Waals surface area contributed by atoms with Crippen LogP contribution in [-0.4, -0.2) is 57.3 Å². The Bertz CT molecular complexity index is 1050. The van der Waals surface area contributed by atoms with E-state index in [9.17, 15) is 18.0 Å². The molecular formula is C18H19N5O5S2. The molecule has 0 spiro atoms. The van der Waals surface area contributed by atoms with Gasteiger partial charge < -0.3 is 9.64 Å². The van der Waals surface area contributed by atoms with Crippen LogP contribution in [0.15, 0.2) is 29.6 Å². The highest BCUT2D eigenvalue weighted by atomic mass is 32.2. The van der Waals surface area contributed by atoms with Gasteiger partial charge in [0.25, 0.3) is 11.8 Å². The molecule has 0 saturated carbocycles. The van der Waals surface area contributed by atoms with E-state index in [1.165, 1.54) is 35.6 Å². The summed E-state index contributed by atoms with van der Waals surface area (Å²) in [6.07, 6.45) is 0. The lowest BCUT2D eigenvalue weighted by molar-refractivity contribution is -0.119. The molecule has 1 aromatic heterocycles. The molecule has 1 aliphatic rings. The zero-order valence-corrected chi connectivity index (χ0v) is 17.5. The monoisotopic (exact) mass is 449 g/mol. The SMILES string of the molecule is N#Cc1ccc(CS(=O)(=O)CC(=O)NNC(=O)c2csc(N3CCOCC3)n2)cc1. The molecule has 3 rings (SSSR count). The van der Waals surface area contributed by atoms with Gasteiger partial charge in [-0.1, -0.05) is 12.1 Å². The Morgan fingerprint density at radius 3 is 2.57 bits per heavy atom. The third-order valence-electron chi connectivity index (χ3n) is 4.14. The highest BCUT2D eigenvalue weighted by Crippen LogP contribution is 2.21. The molecule has 1 saturated heterocycles. The van der Waals surface area contributed by atoms with E-state index in [4.69, 9.17) is 10.00 Å². The van der Waals surface area contributed by atoms with Crippen LogP contribution >= 0.6 is 11.3 Å². The first kappa shape index (κ1) is 21.7. The molecule has 1 fully saturated rings. The van der Waals surface area contributed by atoms with Crippen molar-refractivity contribution in [3.05, 3.63) is 46.5 Å². The summed E-state index contributed by atoms with van der Waals surface area (Å²) in [5.74, 6) is -2.64. The summed E-state index contributed by atoms with van der Waals surface area (Å²) in [5, 5.41) is 11.0. The molecule has 1 aromatic carbocycles. The summed E-state index contributed by atoms with van der Waals surface area (Å²) in [7, 11) is -3.75. The van der Waals surface area contributed by atoms with Gasteiger partial charge in [0.1, 0.15) is 11.4 Å². The van der Waals surface area contributed by atoms with Crippen LogP contribution in [0, 0.1) is 11.3 Å². The Kier molecular flexibility index (Phi) is 6.99. The van der Waals surface area contributed by atoms with Gasteiger partial charge in [-0.2, -0.15) is 5.26 Å². The number of amides is 2. The predicted octanol–water partition coefficient (Wildman–Crippen LogP) is 0.227. The highest BCUT2D eigenvalue weighted by molar-refractivity contribution is 7.91. The van der Waals surface area contributed by atoms with Crippen molar-refractivity contribution in [2.75, 3.05) is 37.0 Å². The van der Waals surface area contributed by atoms with E-state index in [2.05, 4.69) is 15.8 Å². The van der Waals surface area contributed by atoms with Gasteiger partial charge in [-0.3, -0.25) is 20.4 Å². The molecule has 0 radical (unpaired) electrons. The van der Waals surface area contributed by atoms with Crippen molar-refractivity contribution in [1.29, 1.82) is 5.26 Å². The van der Waals surface area contributed by atoms with Gasteiger partial charge in [0.2, 0.25) is 0 Å². The molecule has 10 nitrogen and oxygen atoms in total. The quantitative estimate of drug-likeness (QED) is 0.597. The molecule has 2 heterocycles. The molecule has 0 bridgehead atoms. The number of carbonyl (C=O) groups is 2. The van der Waals surface area contributed by atoms with Gasteiger partial charge >= 0.3 is 0 Å². The second-order valence-electron chi connectivity index (χ2n) is 6.46. The third-order valence-corrected chi connectivity index (χ3v) is 6.52. The van der Waals surface area contributed by atoms with Crippen molar-refractivity contribution < 1.29 is 22.7 Å². The largest absolute Gasteiger partial charge is 0.378 e. The molecule has 0 atom stereocenters. The van der Waals surface area contributed by atoms with E-state index in [1.807, 2.05) is 11.0 Å². The fraction of sp³-hybridized carbons (Fsp3) is 0.333. The van der Waals surface area contributed by atoms with E-state index in [0.717, 1.165) is 0 Å². The van der Waals surface area contributed by atoms with Crippen LogP contribution in [0.4, 0.5) is 5.13 Å². The first-order chi connectivity index (χ1) is 14.4. The predicted molar refractivity (Wildman–Crippen MR) is 109 cm³/mol. The number of hydrogen-bond acceptors (Lipinski definition) is 9. The van der Waals surface area contributed by atoms with Crippen LogP contribution in [0.3, 0.4) is 0 Å². The fourth-order valence-corrected chi connectivity index (χ4v) is 4.81. The topological polar surface area (TPSA) is 141 Å². The first-order valence-electron chi connectivity index (χ1n) is 8.93. The molecule has 2 aromatic rings. The van der Waals surface area contributed by atoms with Gasteiger partial charge in [0.05, 0.1) is 30.6 Å². The maximum atomic E-state index is 12.2. The Labute approximate surface area is 177 Å². The zero-order chi connectivity index (χ0) is 21.6. The van der Waals surface area contributed by atoms with Crippen LogP contribution in [0.2, 0.25) is 0 Å². The molecule has 0 aliphatic carbocycles. The van der Waals surface area contributed by atoms with Crippen LogP contribution < -0.4 is 15.8 Å². The molecule has 30 heavy (non-hydrogen) atoms. The lowest BCUT2D eigenvalue weighted by Crippen LogP contribution is -2.44. The number of ether oxygens (including phenoxy) is 1. The lowest BCUT2D eigenvalue weighted by Gasteiger charge is -2.25. The van der Waals surface area contributed by atoms with Crippen molar-refractivity contribution in [2.24, 2.45) is 0 Å². The maximum absolute atomic E-state index is 12.2. The number of nitrogens with zero attached hydrogens (tertiary/aromatic N) is 3. The van der Waals surface area contributed by atoms with Crippen LogP contribution in [0.25, 0.3) is 0 Å². The van der Waals surface area contributed by atoms with Gasteiger partial charge in [-0.05, 0) is 17.7 Å². The van der Waals surface area contributed by atoms with E-state index in [0.29, 0.717) is 42.6 Å². The molecule has 0 unspecified atom stereocenters. The molecule has 2 N–H and O–H groups in total. The highest BCUT2D eigenvalue weighted by Gasteiger charge is 2.20. The first-order valence-corrected chi connectivity index (χ1v) is 11.6. The summed E-state index contributed by atoms with van der Waals surface area (Å²) in [6.45, 7) is 2.55. The average molecular weight is 450 g/mol. The summed E-state index contributed by atoms with van der Waals surface area (Å²) >= 11 is 1.30. The second-order valence-corrected chi connectivity index (χ2v) is 9.36. The Morgan fingerprint density at radius 2 is 1.90 bits per heavy atom. The molecule has 1 aliphatic heterocycles. The number of aromatic nitrogens is 1. The van der Waals surface area contributed by atoms with Crippen molar-refractivity contribution in [3.8, 4) is 6.07 Å². The number of hydrogen-bond donors (Lipinski definition) is 2. The Balaban J connectivity index is 1.49. The van der Waals surface area contributed by atoms with Crippen molar-refractivity contribution >= 4 is 38.1 Å². The normalized spacial score (nSPS) is 14.0. The van der Waals surface area contributed by atoms with Crippen molar-refractivity contribution in [3.63, 3.8) is 0 Å². The number of hydrazine groups is 1. The second kappa shape index (κ2) is 9.66. The minimum atomic E-state index is -3.75. The molecular weight excluding hydrogens is 430 g/mol. The fourth-order valence-electron chi connectivity index (χ4n) is 2.68. The minimum absolute atomic E-state index is 0.127. The minimum Gasteiger partial charge on any atom is -0.378 e. The third kappa shape index (κ3) is 5.99. The summed E-state index contributed by atoms with van der Waals surface area (Å²) < 4.78 is 29.7. The number of morpholine rings is 1. The smallest absolute Gasteiger partial charge is 0.289 e. The van der Waals surface area contributed by atoms with Crippen molar-refractivity contribution in [2.45, 2.75) is 5.75 Å². The average Bonchev–Trinajstić information content (AvgIpc) is 3.23. The standard InChI is InChI=1S/C18H19N5O5S2/c19-9-13-1-3-14(4-2-13)11-30(26,27)12-16(24)21-22-17(25)15-10-29-18(20-15)23-5-7-28-8-6-23/h1-4,10H,5-8,11-12H2,(H,21,24)(H,22,25). The number of rotatable bonds is 6. The number of sulfone groups is 1. The number of anilines is 1. The lowest BCUT2D eigenvalue weighted by atomic mass is 10.2. The van der Waals surface area contributed by atoms with Gasteiger partial charge in [-0.25, -0.2) is 13.4 Å². The zero-order valence-electron chi connectivity index (χ0n) is 15.8. The van der Waals surface area contributed by atoms with E-state index in [1.54, 1.807) is 5.38 Å². The number of nitrogens with one attached hydrogen (secondary N) is 2. The number of benzene rings is 1. The van der Waals surface area contributed by atoms with E-state index in [-0.39, 0.29) is 11.4 Å². The van der Waals surface area contributed by atoms with Gasteiger partial charge in [0, 0.05) is 18.5 Å². The number of thiazole rings is 1. The summed E-state index contributed by atoms with van der Waals surface area (Å²) in [5.41, 5.74) is 5.28. The van der Waals surface area contributed by atoms with Gasteiger partial charge in [-0.15, -0.1) is 11.3 Å². The van der Waals surface area contributed by atoms with Crippen molar-refractivity contribution in [1.82, 2.24) is 15.8 Å². The molecule has 2 amide bonds. The number of nitriles is 1. The Hall–Kier alpha value is -3.01. The summed E-state index contributed by atoms with van der Waals surface area (Å²) in [6, 6.07) is 7.99. The molecule has 158 valence electrons. The van der Waals surface area contributed by atoms with E-state index >= 15 is 0 Å². The maximum Gasteiger partial charge on any atom is 0.289 e. The summed E-state index contributed by atoms with van der Waals surface area (Å²) in [4.78, 5) is 30.4. The molecule has 12 heteroatoms. The van der Waals surface area contributed by atoms with Crippen LogP contribution in [-0.2, 0) is 25.1 Å². The van der Waals surface area contributed by atoms with Crippen LogP contribution in [0.5, 0.6) is 0 Å².